The molecule has 0 bridgehead atoms. The molecule has 7 aromatic rings. The summed E-state index contributed by atoms with van der Waals surface area (Å²) in [6.07, 6.45) is 8.58. The first-order valence-electron chi connectivity index (χ1n) is 24.2. The first-order valence-corrected chi connectivity index (χ1v) is 26.2. The highest BCUT2D eigenvalue weighted by Crippen LogP contribution is 2.46. The molecule has 0 spiro atoms. The second-order valence-electron chi connectivity index (χ2n) is 18.8. The normalized spacial score (nSPS) is 20.2. The molecule has 2 amide bonds. The van der Waals surface area contributed by atoms with Crippen molar-refractivity contribution in [2.75, 3.05) is 30.2 Å². The Hall–Kier alpha value is -7.11. The van der Waals surface area contributed by atoms with Crippen LogP contribution in [0.15, 0.2) is 140 Å². The molecule has 72 heavy (non-hydrogen) atoms. The number of thioether (sulfide) groups is 1. The van der Waals surface area contributed by atoms with E-state index in [2.05, 4.69) is 44.0 Å². The molecule has 0 unspecified atom stereocenters. The SMILES string of the molecule is C.CN1C(=O)c2c(nn(Cc3ccc(-c4cccc(F)n4)cc3)c2Sc2ccccc2)N2C1=N[C@@H]1CCC[C@@H]12.CSc1c2c(nn1Cc1ccc(-c3cccc(C)n3)cc1)N1C(=N[C@@H]3CCC[C@@H]31)N(C)C2=O. The summed E-state index contributed by atoms with van der Waals surface area (Å²) < 4.78 is 17.5. The van der Waals surface area contributed by atoms with Gasteiger partial charge in [0.25, 0.3) is 11.8 Å². The Morgan fingerprint density at radius 3 is 1.61 bits per heavy atom. The van der Waals surface area contributed by atoms with Crippen LogP contribution in [0.1, 0.15) is 83.5 Å². The predicted molar refractivity (Wildman–Crippen MR) is 283 cm³/mol. The Morgan fingerprint density at radius 2 is 1.10 bits per heavy atom. The van der Waals surface area contributed by atoms with Gasteiger partial charge >= 0.3 is 0 Å². The summed E-state index contributed by atoms with van der Waals surface area (Å²) in [4.78, 5) is 54.2. The van der Waals surface area contributed by atoms with E-state index in [1.807, 2.05) is 109 Å². The van der Waals surface area contributed by atoms with Crippen LogP contribution in [-0.2, 0) is 13.1 Å². The lowest BCUT2D eigenvalue weighted by atomic mass is 10.1. The van der Waals surface area contributed by atoms with Gasteiger partial charge in [-0.15, -0.1) is 11.8 Å². The molecule has 4 aliphatic heterocycles. The number of carbonyl (C=O) groups excluding carboxylic acids is 2. The summed E-state index contributed by atoms with van der Waals surface area (Å²) in [5.74, 6) is 2.36. The van der Waals surface area contributed by atoms with Crippen molar-refractivity contribution in [2.24, 2.45) is 9.98 Å². The Morgan fingerprint density at radius 1 is 0.597 bits per heavy atom. The Labute approximate surface area is 427 Å². The lowest BCUT2D eigenvalue weighted by molar-refractivity contribution is 0.0853. The highest BCUT2D eigenvalue weighted by atomic mass is 32.2. The van der Waals surface area contributed by atoms with Crippen LogP contribution in [0.25, 0.3) is 22.5 Å². The van der Waals surface area contributed by atoms with Crippen molar-refractivity contribution in [3.63, 3.8) is 0 Å². The third-order valence-electron chi connectivity index (χ3n) is 14.3. The minimum Gasteiger partial charge on any atom is -0.289 e. The molecule has 8 heterocycles. The average Bonchev–Trinajstić information content (AvgIpc) is 4.25. The van der Waals surface area contributed by atoms with Crippen LogP contribution in [0.3, 0.4) is 0 Å². The fourth-order valence-corrected chi connectivity index (χ4v) is 12.6. The Balaban J connectivity index is 0.000000155. The summed E-state index contributed by atoms with van der Waals surface area (Å²) in [6.45, 7) is 3.10. The number of hydrogen-bond acceptors (Lipinski definition) is 12. The monoisotopic (exact) mass is 998 g/mol. The number of pyridine rings is 2. The van der Waals surface area contributed by atoms with Crippen molar-refractivity contribution in [3.05, 3.63) is 149 Å². The van der Waals surface area contributed by atoms with Crippen LogP contribution >= 0.6 is 23.5 Å². The molecule has 0 N–H and O–H groups in total. The Bertz CT molecular complexity index is 3280. The number of hydrogen-bond donors (Lipinski definition) is 0. The minimum atomic E-state index is -0.500. The van der Waals surface area contributed by atoms with Gasteiger partial charge in [-0.05, 0) is 99.2 Å². The van der Waals surface area contributed by atoms with Gasteiger partial charge in [0.05, 0.1) is 48.6 Å². The van der Waals surface area contributed by atoms with Gasteiger partial charge in [0.1, 0.15) is 21.2 Å². The number of aliphatic imine (C=N–C) groups is 2. The van der Waals surface area contributed by atoms with E-state index < -0.39 is 5.95 Å². The maximum Gasteiger partial charge on any atom is 0.266 e. The number of anilines is 2. The van der Waals surface area contributed by atoms with Crippen molar-refractivity contribution >= 4 is 58.9 Å². The number of carbonyl (C=O) groups is 2. The summed E-state index contributed by atoms with van der Waals surface area (Å²) in [5, 5.41) is 11.8. The molecule has 366 valence electrons. The zero-order valence-corrected chi connectivity index (χ0v) is 41.4. The molecule has 4 aromatic heterocycles. The van der Waals surface area contributed by atoms with E-state index in [1.165, 1.54) is 12.5 Å². The van der Waals surface area contributed by atoms with Gasteiger partial charge in [0, 0.05) is 35.8 Å². The zero-order chi connectivity index (χ0) is 48.5. The predicted octanol–water partition coefficient (Wildman–Crippen LogP) is 10.3. The number of aromatic nitrogens is 6. The first kappa shape index (κ1) is 47.2. The van der Waals surface area contributed by atoms with Gasteiger partial charge in [-0.2, -0.15) is 14.6 Å². The van der Waals surface area contributed by atoms with Gasteiger partial charge in [0.2, 0.25) is 17.9 Å². The quantitative estimate of drug-likeness (QED) is 0.102. The van der Waals surface area contributed by atoms with Crippen LogP contribution < -0.4 is 9.80 Å². The second-order valence-corrected chi connectivity index (χ2v) is 20.7. The molecule has 2 saturated carbocycles. The molecule has 3 aromatic carbocycles. The summed E-state index contributed by atoms with van der Waals surface area (Å²) in [7, 11) is 3.64. The van der Waals surface area contributed by atoms with Gasteiger partial charge in [-0.25, -0.2) is 15.0 Å². The number of benzene rings is 3. The van der Waals surface area contributed by atoms with Crippen LogP contribution in [0.5, 0.6) is 0 Å². The summed E-state index contributed by atoms with van der Waals surface area (Å²) in [5.41, 5.74) is 8.00. The number of amides is 2. The minimum absolute atomic E-state index is 0. The topological polar surface area (TPSA) is 133 Å². The van der Waals surface area contributed by atoms with E-state index in [9.17, 15) is 14.0 Å². The van der Waals surface area contributed by atoms with Crippen LogP contribution in [0, 0.1) is 12.9 Å². The van der Waals surface area contributed by atoms with Crippen LogP contribution in [0.2, 0.25) is 0 Å². The first-order chi connectivity index (χ1) is 34.6. The van der Waals surface area contributed by atoms with E-state index in [0.717, 1.165) is 92.5 Å². The average molecular weight is 999 g/mol. The number of fused-ring (bicyclic) bond motifs is 10. The van der Waals surface area contributed by atoms with E-state index in [4.69, 9.17) is 20.2 Å². The summed E-state index contributed by atoms with van der Waals surface area (Å²) in [6, 6.07) is 38.3. The highest BCUT2D eigenvalue weighted by molar-refractivity contribution is 7.99. The molecule has 13 rings (SSSR count). The van der Waals surface area contributed by atoms with E-state index in [-0.39, 0.29) is 37.4 Å². The third-order valence-corrected chi connectivity index (χ3v) is 16.2. The lowest BCUT2D eigenvalue weighted by Gasteiger charge is -2.34. The fourth-order valence-electron chi connectivity index (χ4n) is 10.9. The highest BCUT2D eigenvalue weighted by Gasteiger charge is 2.51. The molecule has 14 nitrogen and oxygen atoms in total. The van der Waals surface area contributed by atoms with Crippen molar-refractivity contribution < 1.29 is 14.0 Å². The molecule has 4 atom stereocenters. The number of aryl methyl sites for hydroxylation is 1. The smallest absolute Gasteiger partial charge is 0.266 e. The van der Waals surface area contributed by atoms with E-state index in [1.54, 1.807) is 45.5 Å². The largest absolute Gasteiger partial charge is 0.289 e. The molecule has 0 saturated heterocycles. The maximum absolute atomic E-state index is 13.7. The van der Waals surface area contributed by atoms with E-state index >= 15 is 0 Å². The number of halogens is 1. The summed E-state index contributed by atoms with van der Waals surface area (Å²) >= 11 is 3.14. The molecule has 2 fully saturated rings. The number of nitrogens with zero attached hydrogens (tertiary/aromatic N) is 12. The van der Waals surface area contributed by atoms with Gasteiger partial charge in [0.15, 0.2) is 11.6 Å². The molecular weight excluding hydrogens is 944 g/mol. The Kier molecular flexibility index (Phi) is 12.6. The molecule has 0 radical (unpaired) electrons. The number of guanidine groups is 2. The number of rotatable bonds is 9. The lowest BCUT2D eigenvalue weighted by Crippen LogP contribution is -2.51. The van der Waals surface area contributed by atoms with Crippen LogP contribution in [0.4, 0.5) is 16.0 Å². The van der Waals surface area contributed by atoms with Crippen LogP contribution in [-0.4, -0.2) is 108 Å². The van der Waals surface area contributed by atoms with Crippen molar-refractivity contribution in [1.29, 1.82) is 0 Å². The molecule has 2 aliphatic carbocycles. The standard InChI is InChI=1S/C29H25FN6OS.C25H26N6OS.CH4/c1-34-27(37)25-26(36-23-11-5-10-22(23)32-29(34)36)33-35(28(25)38-20-7-3-2-4-8-20)17-18-13-15-19(16-14-18)21-9-6-12-24(30)31-21;1-15-6-4-7-18(26-15)17-12-10-16(11-13-17)14-30-24(33-3)21-22(28-30)31-20-9-5-8-19(20)27-25(31)29(2)23(21)32;/h2-4,6-9,12-16,22-23H,5,10-11,17H2,1H3;4,6-7,10-13,19-20H,5,8-9,14H2,1-3H3;1H4/t22-,23+;19-,20+;/m11./s1. The van der Waals surface area contributed by atoms with Gasteiger partial charge in [-0.3, -0.25) is 43.5 Å². The second kappa shape index (κ2) is 19.1. The van der Waals surface area contributed by atoms with Crippen molar-refractivity contribution in [2.45, 2.75) is 105 Å². The van der Waals surface area contributed by atoms with Crippen molar-refractivity contribution in [1.82, 2.24) is 39.3 Å². The fraction of sp³-hybridized carbons (Fsp3) is 0.309. The molecule has 6 aliphatic rings. The molecular formula is C55H55FN12O2S2. The molecule has 17 heteroatoms. The van der Waals surface area contributed by atoms with Crippen molar-refractivity contribution in [3.8, 4) is 22.5 Å². The zero-order valence-electron chi connectivity index (χ0n) is 39.8. The van der Waals surface area contributed by atoms with E-state index in [0.29, 0.717) is 47.7 Å². The third kappa shape index (κ3) is 8.25. The van der Waals surface area contributed by atoms with Gasteiger partial charge < -0.3 is 0 Å². The van der Waals surface area contributed by atoms with Gasteiger partial charge in [-0.1, -0.05) is 98.1 Å². The maximum atomic E-state index is 13.7.